The SMILES string of the molecule is COc1ccc2c(O)c(C=C3N=Nc4ncccc43)oc2c1C[C@H]1CCNC[C@@H]1F. The normalized spacial score (nSPS) is 22.0. The van der Waals surface area contributed by atoms with Crippen LogP contribution in [0.1, 0.15) is 23.3 Å². The number of aromatic nitrogens is 1. The molecule has 0 bridgehead atoms. The number of hydrogen-bond donors (Lipinski definition) is 2. The van der Waals surface area contributed by atoms with Crippen LogP contribution in [0.3, 0.4) is 0 Å². The number of ether oxygens (including phenoxy) is 1. The molecule has 30 heavy (non-hydrogen) atoms. The molecule has 4 heterocycles. The number of aromatic hydroxyl groups is 1. The number of benzene rings is 1. The van der Waals surface area contributed by atoms with Gasteiger partial charge in [-0.1, -0.05) is 0 Å². The number of hydrogen-bond acceptors (Lipinski definition) is 7. The number of azo groups is 1. The first-order valence-corrected chi connectivity index (χ1v) is 9.90. The number of piperidine rings is 1. The smallest absolute Gasteiger partial charge is 0.183 e. The Hall–Kier alpha value is -3.26. The van der Waals surface area contributed by atoms with E-state index in [1.54, 1.807) is 37.6 Å². The van der Waals surface area contributed by atoms with Gasteiger partial charge in [0.15, 0.2) is 17.3 Å². The summed E-state index contributed by atoms with van der Waals surface area (Å²) in [5.41, 5.74) is 2.60. The molecule has 7 nitrogen and oxygen atoms in total. The van der Waals surface area contributed by atoms with Crippen molar-refractivity contribution in [3.8, 4) is 11.5 Å². The lowest BCUT2D eigenvalue weighted by Crippen LogP contribution is -2.38. The van der Waals surface area contributed by atoms with Crippen LogP contribution in [0.4, 0.5) is 10.2 Å². The summed E-state index contributed by atoms with van der Waals surface area (Å²) in [4.78, 5) is 4.17. The number of furan rings is 1. The van der Waals surface area contributed by atoms with Crippen molar-refractivity contribution in [3.63, 3.8) is 0 Å². The molecule has 1 fully saturated rings. The summed E-state index contributed by atoms with van der Waals surface area (Å²) in [6.07, 6.45) is 3.56. The van der Waals surface area contributed by atoms with Crippen LogP contribution < -0.4 is 10.1 Å². The van der Waals surface area contributed by atoms with Gasteiger partial charge >= 0.3 is 0 Å². The van der Waals surface area contributed by atoms with Crippen molar-refractivity contribution in [2.45, 2.75) is 19.0 Å². The Labute approximate surface area is 172 Å². The maximum atomic E-state index is 14.4. The van der Waals surface area contributed by atoms with E-state index in [-0.39, 0.29) is 17.4 Å². The van der Waals surface area contributed by atoms with Gasteiger partial charge in [-0.25, -0.2) is 9.37 Å². The molecule has 2 aromatic heterocycles. The van der Waals surface area contributed by atoms with Crippen molar-refractivity contribution in [2.75, 3.05) is 20.2 Å². The van der Waals surface area contributed by atoms with Gasteiger partial charge in [-0.15, -0.1) is 10.2 Å². The van der Waals surface area contributed by atoms with E-state index in [9.17, 15) is 9.50 Å². The average Bonchev–Trinajstić information content (AvgIpc) is 3.32. The van der Waals surface area contributed by atoms with Crippen LogP contribution in [0.5, 0.6) is 11.5 Å². The molecule has 2 aliphatic rings. The topological polar surface area (TPSA) is 92.2 Å². The van der Waals surface area contributed by atoms with Crippen LogP contribution in [0.25, 0.3) is 22.7 Å². The van der Waals surface area contributed by atoms with E-state index in [1.165, 1.54) is 0 Å². The van der Waals surface area contributed by atoms with E-state index >= 15 is 0 Å². The third kappa shape index (κ3) is 3.13. The molecular weight excluding hydrogens is 387 g/mol. The van der Waals surface area contributed by atoms with E-state index in [4.69, 9.17) is 9.15 Å². The number of nitrogens with zero attached hydrogens (tertiary/aromatic N) is 3. The highest BCUT2D eigenvalue weighted by Gasteiger charge is 2.28. The molecule has 8 heteroatoms. The summed E-state index contributed by atoms with van der Waals surface area (Å²) >= 11 is 0. The molecule has 0 amide bonds. The molecule has 5 rings (SSSR count). The van der Waals surface area contributed by atoms with Gasteiger partial charge in [-0.05, 0) is 49.6 Å². The Balaban J connectivity index is 1.58. The molecule has 0 radical (unpaired) electrons. The Morgan fingerprint density at radius 2 is 2.23 bits per heavy atom. The van der Waals surface area contributed by atoms with Gasteiger partial charge in [-0.2, -0.15) is 0 Å². The average molecular weight is 408 g/mol. The van der Waals surface area contributed by atoms with Crippen LogP contribution in [-0.2, 0) is 6.42 Å². The largest absolute Gasteiger partial charge is 0.504 e. The van der Waals surface area contributed by atoms with Crippen molar-refractivity contribution < 1.29 is 18.7 Å². The van der Waals surface area contributed by atoms with Gasteiger partial charge in [0.25, 0.3) is 0 Å². The maximum absolute atomic E-state index is 14.4. The first-order chi connectivity index (χ1) is 14.7. The lowest BCUT2D eigenvalue weighted by Gasteiger charge is -2.27. The number of alkyl halides is 1. The monoisotopic (exact) mass is 408 g/mol. The first-order valence-electron chi connectivity index (χ1n) is 9.90. The molecule has 2 aliphatic heterocycles. The van der Waals surface area contributed by atoms with Crippen LogP contribution in [0.2, 0.25) is 0 Å². The predicted molar refractivity (Wildman–Crippen MR) is 111 cm³/mol. The lowest BCUT2D eigenvalue weighted by atomic mass is 9.88. The number of nitrogens with one attached hydrogen (secondary N) is 1. The highest BCUT2D eigenvalue weighted by atomic mass is 19.1. The first kappa shape index (κ1) is 18.7. The molecule has 154 valence electrons. The number of halogens is 1. The molecule has 2 atom stereocenters. The molecule has 2 N–H and O–H groups in total. The second kappa shape index (κ2) is 7.53. The molecule has 1 saturated heterocycles. The van der Waals surface area contributed by atoms with Crippen molar-refractivity contribution in [1.82, 2.24) is 10.3 Å². The summed E-state index contributed by atoms with van der Waals surface area (Å²) < 4.78 is 26.0. The maximum Gasteiger partial charge on any atom is 0.183 e. The van der Waals surface area contributed by atoms with Gasteiger partial charge in [-0.3, -0.25) is 0 Å². The molecule has 0 saturated carbocycles. The molecule has 1 aromatic carbocycles. The minimum absolute atomic E-state index is 0.0102. The van der Waals surface area contributed by atoms with Crippen LogP contribution in [0, 0.1) is 5.92 Å². The Morgan fingerprint density at radius 3 is 3.07 bits per heavy atom. The van der Waals surface area contributed by atoms with Crippen molar-refractivity contribution in [1.29, 1.82) is 0 Å². The standard InChI is InChI=1S/C22H21FN4O3/c1-29-18-5-4-14-20(28)19(10-17-13-3-2-7-25-22(13)27-26-17)30-21(14)15(18)9-12-6-8-24-11-16(12)23/h2-5,7,10,12,16,24,28H,6,8-9,11H2,1H3/t12-,16+/m1/s1. The van der Waals surface area contributed by atoms with Crippen molar-refractivity contribution >= 4 is 28.6 Å². The number of methoxy groups -OCH3 is 1. The highest BCUT2D eigenvalue weighted by Crippen LogP contribution is 2.42. The van der Waals surface area contributed by atoms with E-state index < -0.39 is 6.17 Å². The molecule has 0 unspecified atom stereocenters. The van der Waals surface area contributed by atoms with Gasteiger partial charge in [0.05, 0.1) is 12.5 Å². The van der Waals surface area contributed by atoms with Crippen LogP contribution in [-0.4, -0.2) is 36.5 Å². The van der Waals surface area contributed by atoms with Gasteiger partial charge in [0.1, 0.15) is 23.2 Å². The predicted octanol–water partition coefficient (Wildman–Crippen LogP) is 4.63. The Kier molecular flexibility index (Phi) is 4.71. The fourth-order valence-corrected chi connectivity index (χ4v) is 4.12. The molecule has 3 aromatic rings. The minimum Gasteiger partial charge on any atom is -0.504 e. The zero-order valence-electron chi connectivity index (χ0n) is 16.4. The summed E-state index contributed by atoms with van der Waals surface area (Å²) in [5, 5.41) is 22.6. The van der Waals surface area contributed by atoms with E-state index in [0.717, 1.165) is 24.1 Å². The van der Waals surface area contributed by atoms with Crippen molar-refractivity contribution in [2.24, 2.45) is 16.1 Å². The second-order valence-corrected chi connectivity index (χ2v) is 7.52. The van der Waals surface area contributed by atoms with Gasteiger partial charge < -0.3 is 19.6 Å². The number of pyridine rings is 1. The van der Waals surface area contributed by atoms with Crippen molar-refractivity contribution in [3.05, 3.63) is 47.3 Å². The van der Waals surface area contributed by atoms with Gasteiger partial charge in [0, 0.05) is 29.9 Å². The molecule has 0 spiro atoms. The zero-order chi connectivity index (χ0) is 20.7. The fraction of sp³-hybridized carbons (Fsp3) is 0.318. The third-order valence-corrected chi connectivity index (χ3v) is 5.73. The summed E-state index contributed by atoms with van der Waals surface area (Å²) in [7, 11) is 1.58. The number of rotatable bonds is 4. The lowest BCUT2D eigenvalue weighted by molar-refractivity contribution is 0.179. The third-order valence-electron chi connectivity index (χ3n) is 5.73. The summed E-state index contributed by atoms with van der Waals surface area (Å²) in [6.45, 7) is 1.13. The van der Waals surface area contributed by atoms with E-state index in [2.05, 4.69) is 20.5 Å². The fourth-order valence-electron chi connectivity index (χ4n) is 4.12. The quantitative estimate of drug-likeness (QED) is 0.657. The van der Waals surface area contributed by atoms with E-state index in [0.29, 0.717) is 41.2 Å². The summed E-state index contributed by atoms with van der Waals surface area (Å²) in [5.74, 6) is 1.29. The Morgan fingerprint density at radius 1 is 1.33 bits per heavy atom. The zero-order valence-corrected chi connectivity index (χ0v) is 16.4. The molecule has 0 aliphatic carbocycles. The van der Waals surface area contributed by atoms with E-state index in [1.807, 2.05) is 6.07 Å². The molecular formula is C22H21FN4O3. The van der Waals surface area contributed by atoms with Crippen LogP contribution in [0.15, 0.2) is 45.1 Å². The highest BCUT2D eigenvalue weighted by molar-refractivity contribution is 5.95. The van der Waals surface area contributed by atoms with Crippen LogP contribution >= 0.6 is 0 Å². The number of fused-ring (bicyclic) bond motifs is 2. The summed E-state index contributed by atoms with van der Waals surface area (Å²) in [6, 6.07) is 7.20. The van der Waals surface area contributed by atoms with Gasteiger partial charge in [0.2, 0.25) is 0 Å². The second-order valence-electron chi connectivity index (χ2n) is 7.52. The Bertz CT molecular complexity index is 1170. The minimum atomic E-state index is -0.938.